The van der Waals surface area contributed by atoms with E-state index in [-0.39, 0.29) is 0 Å². The molecule has 0 bridgehead atoms. The van der Waals surface area contributed by atoms with Gasteiger partial charge in [-0.2, -0.15) is 0 Å². The van der Waals surface area contributed by atoms with Crippen molar-refractivity contribution in [3.05, 3.63) is 42.0 Å². The first kappa shape index (κ1) is 13.6. The zero-order chi connectivity index (χ0) is 15.0. The summed E-state index contributed by atoms with van der Waals surface area (Å²) in [4.78, 5) is 11.3. The van der Waals surface area contributed by atoms with E-state index in [2.05, 4.69) is 10.1 Å². The summed E-state index contributed by atoms with van der Waals surface area (Å²) in [5.74, 6) is -2.58. The first-order valence-electron chi connectivity index (χ1n) is 6.39. The Hall–Kier alpha value is -2.37. The summed E-state index contributed by atoms with van der Waals surface area (Å²) in [5, 5.41) is 3.53. The molecule has 6 heteroatoms. The number of hydrogen-bond donors (Lipinski definition) is 1. The summed E-state index contributed by atoms with van der Waals surface area (Å²) in [6.07, 6.45) is -0.842. The van der Waals surface area contributed by atoms with Gasteiger partial charge in [-0.3, -0.25) is 0 Å². The van der Waals surface area contributed by atoms with Crippen molar-refractivity contribution >= 4 is 16.9 Å². The lowest BCUT2D eigenvalue weighted by Gasteiger charge is -2.32. The topological polar surface area (TPSA) is 47.6 Å². The van der Waals surface area contributed by atoms with Crippen LogP contribution in [0.3, 0.4) is 0 Å². The molecule has 2 aromatic rings. The molecule has 1 aliphatic rings. The van der Waals surface area contributed by atoms with Crippen LogP contribution in [0.15, 0.2) is 36.4 Å². The standard InChI is InChI=1S/C15H13F2NO3/c1-20-12-7-6-11(9-4-2-3-5-10(9)12)13-15(16,17)8-21-14(19)18-13/h2-7,13H,8H2,1H3,(H,18,19)/t13-/m0/s1. The Labute approximate surface area is 119 Å². The van der Waals surface area contributed by atoms with E-state index < -0.39 is 24.7 Å². The Morgan fingerprint density at radius 3 is 2.67 bits per heavy atom. The fourth-order valence-corrected chi connectivity index (χ4v) is 2.54. The quantitative estimate of drug-likeness (QED) is 0.924. The van der Waals surface area contributed by atoms with E-state index in [4.69, 9.17) is 4.74 Å². The van der Waals surface area contributed by atoms with Crippen LogP contribution in [-0.4, -0.2) is 25.7 Å². The molecule has 21 heavy (non-hydrogen) atoms. The summed E-state index contributed by atoms with van der Waals surface area (Å²) >= 11 is 0. The highest BCUT2D eigenvalue weighted by Crippen LogP contribution is 2.39. The molecule has 4 nitrogen and oxygen atoms in total. The number of methoxy groups -OCH3 is 1. The molecule has 1 atom stereocenters. The molecule has 0 spiro atoms. The molecule has 1 amide bonds. The molecule has 110 valence electrons. The first-order valence-corrected chi connectivity index (χ1v) is 6.39. The molecule has 0 aliphatic carbocycles. The number of cyclic esters (lactones) is 1. The van der Waals surface area contributed by atoms with Gasteiger partial charge in [-0.15, -0.1) is 0 Å². The number of alkyl carbamates (subject to hydrolysis) is 1. The number of ether oxygens (including phenoxy) is 2. The zero-order valence-corrected chi connectivity index (χ0v) is 11.2. The van der Waals surface area contributed by atoms with E-state index in [1.54, 1.807) is 36.4 Å². The monoisotopic (exact) mass is 293 g/mol. The van der Waals surface area contributed by atoms with Gasteiger partial charge in [0.2, 0.25) is 0 Å². The number of alkyl halides is 2. The Morgan fingerprint density at radius 1 is 1.24 bits per heavy atom. The highest BCUT2D eigenvalue weighted by Gasteiger charge is 2.47. The van der Waals surface area contributed by atoms with E-state index in [0.29, 0.717) is 22.1 Å². The second-order valence-corrected chi connectivity index (χ2v) is 4.82. The van der Waals surface area contributed by atoms with Crippen molar-refractivity contribution in [1.29, 1.82) is 0 Å². The summed E-state index contributed by atoms with van der Waals surface area (Å²) in [5.41, 5.74) is 0.341. The Morgan fingerprint density at radius 2 is 1.95 bits per heavy atom. The van der Waals surface area contributed by atoms with Crippen LogP contribution in [0.25, 0.3) is 10.8 Å². The van der Waals surface area contributed by atoms with Crippen LogP contribution >= 0.6 is 0 Å². The molecule has 1 aliphatic heterocycles. The van der Waals surface area contributed by atoms with Crippen molar-refractivity contribution in [2.24, 2.45) is 0 Å². The number of rotatable bonds is 2. The van der Waals surface area contributed by atoms with E-state index in [1.165, 1.54) is 7.11 Å². The van der Waals surface area contributed by atoms with Gasteiger partial charge in [0.25, 0.3) is 0 Å². The van der Waals surface area contributed by atoms with Crippen LogP contribution in [0, 0.1) is 0 Å². The predicted octanol–water partition coefficient (Wildman–Crippen LogP) is 3.26. The van der Waals surface area contributed by atoms with Gasteiger partial charge in [0.05, 0.1) is 7.11 Å². The first-order chi connectivity index (χ1) is 10.0. The van der Waals surface area contributed by atoms with Crippen molar-refractivity contribution in [3.8, 4) is 5.75 Å². The van der Waals surface area contributed by atoms with Crippen LogP contribution in [0.5, 0.6) is 5.75 Å². The van der Waals surface area contributed by atoms with Gasteiger partial charge in [0.15, 0.2) is 6.61 Å². The molecule has 2 aromatic carbocycles. The maximum absolute atomic E-state index is 14.1. The number of benzene rings is 2. The third-order valence-corrected chi connectivity index (χ3v) is 3.53. The average Bonchev–Trinajstić information content (AvgIpc) is 2.49. The lowest BCUT2D eigenvalue weighted by molar-refractivity contribution is -0.103. The van der Waals surface area contributed by atoms with Gasteiger partial charge < -0.3 is 14.8 Å². The molecule has 1 N–H and O–H groups in total. The number of hydrogen-bond acceptors (Lipinski definition) is 3. The van der Waals surface area contributed by atoms with Crippen molar-refractivity contribution < 1.29 is 23.0 Å². The largest absolute Gasteiger partial charge is 0.496 e. The number of amides is 1. The van der Waals surface area contributed by atoms with Crippen LogP contribution in [0.2, 0.25) is 0 Å². The highest BCUT2D eigenvalue weighted by molar-refractivity contribution is 5.92. The number of carbonyl (C=O) groups excluding carboxylic acids is 1. The van der Waals surface area contributed by atoms with Gasteiger partial charge in [-0.1, -0.05) is 30.3 Å². The second kappa shape index (κ2) is 4.87. The summed E-state index contributed by atoms with van der Waals surface area (Å²) in [6.45, 7) is -0.927. The van der Waals surface area contributed by atoms with Crippen molar-refractivity contribution in [1.82, 2.24) is 5.32 Å². The lowest BCUT2D eigenvalue weighted by Crippen LogP contribution is -2.49. The molecule has 0 radical (unpaired) electrons. The van der Waals surface area contributed by atoms with Gasteiger partial charge in [-0.05, 0) is 17.0 Å². The molecule has 1 saturated heterocycles. The third kappa shape index (κ3) is 2.26. The number of carbonyl (C=O) groups is 1. The highest BCUT2D eigenvalue weighted by atomic mass is 19.3. The maximum atomic E-state index is 14.1. The minimum Gasteiger partial charge on any atom is -0.496 e. The molecule has 1 fully saturated rings. The second-order valence-electron chi connectivity index (χ2n) is 4.82. The van der Waals surface area contributed by atoms with Crippen molar-refractivity contribution in [3.63, 3.8) is 0 Å². The van der Waals surface area contributed by atoms with Crippen LogP contribution in [-0.2, 0) is 4.74 Å². The Kier molecular flexibility index (Phi) is 3.16. The van der Waals surface area contributed by atoms with E-state index >= 15 is 0 Å². The van der Waals surface area contributed by atoms with Crippen molar-refractivity contribution in [2.45, 2.75) is 12.0 Å². The van der Waals surface area contributed by atoms with Gasteiger partial charge in [0.1, 0.15) is 11.8 Å². The smallest absolute Gasteiger partial charge is 0.408 e. The van der Waals surface area contributed by atoms with Gasteiger partial charge >= 0.3 is 12.0 Å². The molecular weight excluding hydrogens is 280 g/mol. The summed E-state index contributed by atoms with van der Waals surface area (Å²) in [7, 11) is 1.52. The molecule has 3 rings (SSSR count). The molecule has 0 saturated carbocycles. The molecule has 0 aromatic heterocycles. The normalized spacial score (nSPS) is 20.7. The predicted molar refractivity (Wildman–Crippen MR) is 72.7 cm³/mol. The summed E-state index contributed by atoms with van der Waals surface area (Å²) < 4.78 is 37.8. The average molecular weight is 293 g/mol. The molecular formula is C15H13F2NO3. The third-order valence-electron chi connectivity index (χ3n) is 3.53. The maximum Gasteiger partial charge on any atom is 0.408 e. The van der Waals surface area contributed by atoms with E-state index in [1.807, 2.05) is 0 Å². The minimum absolute atomic E-state index is 0.341. The van der Waals surface area contributed by atoms with Crippen LogP contribution < -0.4 is 10.1 Å². The Balaban J connectivity index is 2.18. The van der Waals surface area contributed by atoms with Gasteiger partial charge in [0, 0.05) is 5.39 Å². The lowest BCUT2D eigenvalue weighted by atomic mass is 9.94. The fourth-order valence-electron chi connectivity index (χ4n) is 2.54. The van der Waals surface area contributed by atoms with Crippen LogP contribution in [0.4, 0.5) is 13.6 Å². The van der Waals surface area contributed by atoms with E-state index in [0.717, 1.165) is 0 Å². The molecule has 0 unspecified atom stereocenters. The fraction of sp³-hybridized carbons (Fsp3) is 0.267. The zero-order valence-electron chi connectivity index (χ0n) is 11.2. The van der Waals surface area contributed by atoms with E-state index in [9.17, 15) is 13.6 Å². The number of fused-ring (bicyclic) bond motifs is 1. The number of halogens is 2. The van der Waals surface area contributed by atoms with Crippen LogP contribution in [0.1, 0.15) is 11.6 Å². The van der Waals surface area contributed by atoms with Gasteiger partial charge in [-0.25, -0.2) is 13.6 Å². The van der Waals surface area contributed by atoms with Crippen molar-refractivity contribution in [2.75, 3.05) is 13.7 Å². The number of nitrogens with one attached hydrogen (secondary N) is 1. The molecule has 1 heterocycles. The summed E-state index contributed by atoms with van der Waals surface area (Å²) in [6, 6.07) is 8.82. The SMILES string of the molecule is COc1ccc([C@@H]2NC(=O)OCC2(F)F)c2ccccc12. The Bertz CT molecular complexity index is 702. The minimum atomic E-state index is -3.18.